The molecule has 0 atom stereocenters. The van der Waals surface area contributed by atoms with Crippen molar-refractivity contribution in [3.63, 3.8) is 0 Å². The first-order chi connectivity index (χ1) is 10.6. The Labute approximate surface area is 134 Å². The van der Waals surface area contributed by atoms with Crippen LogP contribution in [-0.4, -0.2) is 29.4 Å². The number of carbonyl (C=O) groups is 1. The molecule has 0 aliphatic heterocycles. The van der Waals surface area contributed by atoms with Crippen LogP contribution < -0.4 is 4.74 Å². The van der Waals surface area contributed by atoms with Gasteiger partial charge in [-0.3, -0.25) is 9.78 Å². The fraction of sp³-hybridized carbons (Fsp3) is 0.176. The van der Waals surface area contributed by atoms with Crippen molar-refractivity contribution >= 4 is 17.5 Å². The largest absolute Gasteiger partial charge is 0.481 e. The number of terminal acetylenes is 1. The molecule has 0 saturated heterocycles. The molecule has 0 aliphatic rings. The predicted octanol–water partition coefficient (Wildman–Crippen LogP) is 3.02. The predicted molar refractivity (Wildman–Crippen MR) is 85.8 cm³/mol. The van der Waals surface area contributed by atoms with Crippen LogP contribution in [0.5, 0.6) is 5.75 Å². The number of hydrogen-bond acceptors (Lipinski definition) is 3. The van der Waals surface area contributed by atoms with Gasteiger partial charge in [-0.15, -0.1) is 6.42 Å². The Bertz CT molecular complexity index is 710. The van der Waals surface area contributed by atoms with Crippen molar-refractivity contribution in [3.8, 4) is 18.1 Å². The molecule has 1 aromatic heterocycles. The number of amides is 1. The van der Waals surface area contributed by atoms with Gasteiger partial charge in [-0.1, -0.05) is 35.7 Å². The topological polar surface area (TPSA) is 42.4 Å². The van der Waals surface area contributed by atoms with Gasteiger partial charge in [0.2, 0.25) is 0 Å². The minimum Gasteiger partial charge on any atom is -0.481 e. The zero-order valence-corrected chi connectivity index (χ0v) is 12.9. The van der Waals surface area contributed by atoms with Crippen molar-refractivity contribution in [2.24, 2.45) is 0 Å². The fourth-order valence-electron chi connectivity index (χ4n) is 1.98. The van der Waals surface area contributed by atoms with E-state index in [-0.39, 0.29) is 12.5 Å². The molecule has 1 aromatic carbocycles. The fourth-order valence-corrected chi connectivity index (χ4v) is 2.18. The molecule has 22 heavy (non-hydrogen) atoms. The Hall–Kier alpha value is -2.51. The van der Waals surface area contributed by atoms with Crippen LogP contribution >= 0.6 is 11.6 Å². The standard InChI is InChI=1S/C17H15ClN2O2/c1-3-10-22-16-7-5-4-6-13(16)12-20(2)17(21)14-8-9-19-11-15(14)18/h1,4-9,11H,10,12H2,2H3. The summed E-state index contributed by atoms with van der Waals surface area (Å²) < 4.78 is 5.49. The molecule has 0 spiro atoms. The second kappa shape index (κ2) is 7.48. The van der Waals surface area contributed by atoms with Gasteiger partial charge in [0.05, 0.1) is 10.6 Å². The number of hydrogen-bond donors (Lipinski definition) is 0. The van der Waals surface area contributed by atoms with Gasteiger partial charge in [-0.05, 0) is 12.1 Å². The Balaban J connectivity index is 2.16. The van der Waals surface area contributed by atoms with Crippen molar-refractivity contribution in [1.82, 2.24) is 9.88 Å². The first-order valence-electron chi connectivity index (χ1n) is 6.62. The third-order valence-electron chi connectivity index (χ3n) is 3.04. The summed E-state index contributed by atoms with van der Waals surface area (Å²) in [4.78, 5) is 17.9. The van der Waals surface area contributed by atoms with E-state index in [0.29, 0.717) is 22.9 Å². The molecule has 1 amide bonds. The molecule has 0 radical (unpaired) electrons. The van der Waals surface area contributed by atoms with Crippen LogP contribution in [0.2, 0.25) is 5.02 Å². The highest BCUT2D eigenvalue weighted by Gasteiger charge is 2.16. The van der Waals surface area contributed by atoms with E-state index >= 15 is 0 Å². The number of rotatable bonds is 5. The maximum Gasteiger partial charge on any atom is 0.255 e. The third-order valence-corrected chi connectivity index (χ3v) is 3.34. The molecule has 2 aromatic rings. The monoisotopic (exact) mass is 314 g/mol. The zero-order chi connectivity index (χ0) is 15.9. The average molecular weight is 315 g/mol. The molecule has 1 heterocycles. The summed E-state index contributed by atoms with van der Waals surface area (Å²) in [5, 5.41) is 0.330. The van der Waals surface area contributed by atoms with Crippen molar-refractivity contribution < 1.29 is 9.53 Å². The molecule has 5 heteroatoms. The summed E-state index contributed by atoms with van der Waals surface area (Å²) in [5.41, 5.74) is 1.29. The minimum absolute atomic E-state index is 0.181. The maximum atomic E-state index is 12.4. The molecule has 0 unspecified atom stereocenters. The molecule has 0 saturated carbocycles. The molecule has 0 aliphatic carbocycles. The number of aromatic nitrogens is 1. The summed E-state index contributed by atoms with van der Waals surface area (Å²) in [6, 6.07) is 9.06. The van der Waals surface area contributed by atoms with E-state index in [1.807, 2.05) is 24.3 Å². The van der Waals surface area contributed by atoms with Gasteiger partial charge < -0.3 is 9.64 Å². The summed E-state index contributed by atoms with van der Waals surface area (Å²) in [6.07, 6.45) is 8.20. The molecule has 4 nitrogen and oxygen atoms in total. The Morgan fingerprint density at radius 2 is 2.18 bits per heavy atom. The Morgan fingerprint density at radius 3 is 2.91 bits per heavy atom. The molecule has 2 rings (SSSR count). The molecule has 0 bridgehead atoms. The smallest absolute Gasteiger partial charge is 0.255 e. The van der Waals surface area contributed by atoms with Gasteiger partial charge in [0.1, 0.15) is 12.4 Å². The van der Waals surface area contributed by atoms with E-state index in [1.54, 1.807) is 18.0 Å². The van der Waals surface area contributed by atoms with Gasteiger partial charge in [-0.2, -0.15) is 0 Å². The van der Waals surface area contributed by atoms with Crippen molar-refractivity contribution in [3.05, 3.63) is 58.9 Å². The molecular weight excluding hydrogens is 300 g/mol. The van der Waals surface area contributed by atoms with E-state index in [9.17, 15) is 4.79 Å². The van der Waals surface area contributed by atoms with E-state index in [0.717, 1.165) is 5.56 Å². The highest BCUT2D eigenvalue weighted by Crippen LogP contribution is 2.21. The summed E-state index contributed by atoms with van der Waals surface area (Å²) in [5.74, 6) is 2.91. The molecule has 112 valence electrons. The lowest BCUT2D eigenvalue weighted by molar-refractivity contribution is 0.0784. The van der Waals surface area contributed by atoms with E-state index in [4.69, 9.17) is 22.8 Å². The van der Waals surface area contributed by atoms with Crippen LogP contribution in [0.25, 0.3) is 0 Å². The Kier molecular flexibility index (Phi) is 5.40. The van der Waals surface area contributed by atoms with Gasteiger partial charge in [0.25, 0.3) is 5.91 Å². The van der Waals surface area contributed by atoms with Crippen LogP contribution in [0.3, 0.4) is 0 Å². The molecular formula is C17H15ClN2O2. The first kappa shape index (κ1) is 15.9. The van der Waals surface area contributed by atoms with Gasteiger partial charge in [0.15, 0.2) is 0 Å². The normalized spacial score (nSPS) is 9.86. The molecule has 0 fully saturated rings. The van der Waals surface area contributed by atoms with Crippen LogP contribution in [-0.2, 0) is 6.54 Å². The summed E-state index contributed by atoms with van der Waals surface area (Å²) in [7, 11) is 1.71. The van der Waals surface area contributed by atoms with E-state index < -0.39 is 0 Å². The van der Waals surface area contributed by atoms with Crippen LogP contribution in [0.4, 0.5) is 0 Å². The number of benzene rings is 1. The highest BCUT2D eigenvalue weighted by molar-refractivity contribution is 6.33. The second-order valence-electron chi connectivity index (χ2n) is 4.62. The van der Waals surface area contributed by atoms with Crippen LogP contribution in [0.1, 0.15) is 15.9 Å². The summed E-state index contributed by atoms with van der Waals surface area (Å²) in [6.45, 7) is 0.573. The van der Waals surface area contributed by atoms with Gasteiger partial charge in [-0.25, -0.2) is 0 Å². The van der Waals surface area contributed by atoms with Gasteiger partial charge >= 0.3 is 0 Å². The van der Waals surface area contributed by atoms with Crippen molar-refractivity contribution in [2.75, 3.05) is 13.7 Å². The molecule has 0 N–H and O–H groups in total. The SMILES string of the molecule is C#CCOc1ccccc1CN(C)C(=O)c1ccncc1Cl. The van der Waals surface area contributed by atoms with Crippen LogP contribution in [0.15, 0.2) is 42.7 Å². The minimum atomic E-state index is -0.181. The van der Waals surface area contributed by atoms with Crippen LogP contribution in [0, 0.1) is 12.3 Å². The lowest BCUT2D eigenvalue weighted by Crippen LogP contribution is -2.26. The number of nitrogens with zero attached hydrogens (tertiary/aromatic N) is 2. The van der Waals surface area contributed by atoms with Gasteiger partial charge in [0, 0.05) is 31.5 Å². The zero-order valence-electron chi connectivity index (χ0n) is 12.1. The third kappa shape index (κ3) is 3.78. The highest BCUT2D eigenvalue weighted by atomic mass is 35.5. The number of pyridine rings is 1. The van der Waals surface area contributed by atoms with Crippen molar-refractivity contribution in [1.29, 1.82) is 0 Å². The number of carbonyl (C=O) groups excluding carboxylic acids is 1. The lowest BCUT2D eigenvalue weighted by Gasteiger charge is -2.19. The number of halogens is 1. The number of para-hydroxylation sites is 1. The quantitative estimate of drug-likeness (QED) is 0.797. The second-order valence-corrected chi connectivity index (χ2v) is 5.02. The number of ether oxygens (including phenoxy) is 1. The summed E-state index contributed by atoms with van der Waals surface area (Å²) >= 11 is 6.01. The lowest BCUT2D eigenvalue weighted by atomic mass is 10.1. The Morgan fingerprint density at radius 1 is 1.41 bits per heavy atom. The maximum absolute atomic E-state index is 12.4. The van der Waals surface area contributed by atoms with Crippen molar-refractivity contribution in [2.45, 2.75) is 6.54 Å². The van der Waals surface area contributed by atoms with E-state index in [2.05, 4.69) is 10.9 Å². The first-order valence-corrected chi connectivity index (χ1v) is 7.00. The van der Waals surface area contributed by atoms with E-state index in [1.165, 1.54) is 12.4 Å². The average Bonchev–Trinajstić information content (AvgIpc) is 2.54.